The van der Waals surface area contributed by atoms with Gasteiger partial charge in [-0.1, -0.05) is 0 Å². The van der Waals surface area contributed by atoms with Crippen LogP contribution in [0.3, 0.4) is 0 Å². The zero-order chi connectivity index (χ0) is 13.5. The molecule has 3 rings (SSSR count). The number of anilines is 1. The van der Waals surface area contributed by atoms with Gasteiger partial charge in [0.05, 0.1) is 12.4 Å². The van der Waals surface area contributed by atoms with Gasteiger partial charge in [-0.05, 0) is 31.2 Å². The number of hydrogen-bond donors (Lipinski definition) is 2. The second kappa shape index (κ2) is 4.63. The third-order valence-corrected chi connectivity index (χ3v) is 3.80. The van der Waals surface area contributed by atoms with Gasteiger partial charge in [-0.2, -0.15) is 13.2 Å². The Kier molecular flexibility index (Phi) is 3.08. The molecule has 2 N–H and O–H groups in total. The van der Waals surface area contributed by atoms with E-state index in [9.17, 15) is 13.2 Å². The highest BCUT2D eigenvalue weighted by molar-refractivity contribution is 5.31. The molecule has 0 radical (unpaired) electrons. The summed E-state index contributed by atoms with van der Waals surface area (Å²) in [5.41, 5.74) is -0.963. The van der Waals surface area contributed by atoms with Crippen molar-refractivity contribution in [2.75, 3.05) is 18.4 Å². The lowest BCUT2D eigenvalue weighted by atomic mass is 10.1. The van der Waals surface area contributed by atoms with Gasteiger partial charge in [0.25, 0.3) is 0 Å². The normalized spacial score (nSPS) is 29.7. The first-order valence-corrected chi connectivity index (χ1v) is 6.39. The predicted molar refractivity (Wildman–Crippen MR) is 63.5 cm³/mol. The highest BCUT2D eigenvalue weighted by Gasteiger charge is 2.41. The van der Waals surface area contributed by atoms with Crippen molar-refractivity contribution in [1.82, 2.24) is 15.3 Å². The summed E-state index contributed by atoms with van der Waals surface area (Å²) in [7, 11) is 0. The smallest absolute Gasteiger partial charge is 0.367 e. The van der Waals surface area contributed by atoms with E-state index in [0.717, 1.165) is 37.2 Å². The van der Waals surface area contributed by atoms with E-state index in [4.69, 9.17) is 0 Å². The number of nitrogens with zero attached hydrogens (tertiary/aromatic N) is 2. The lowest BCUT2D eigenvalue weighted by Crippen LogP contribution is -2.40. The molecule has 19 heavy (non-hydrogen) atoms. The van der Waals surface area contributed by atoms with Crippen LogP contribution in [0.2, 0.25) is 0 Å². The standard InChI is InChI=1S/C12H15F3N4/c13-12(14,15)10-5-19-11(6-17-10)18-4-9-2-7-1-8(7)3-16-9/h5-9,16H,1-4H2,(H,18,19)/t7-,8?,9-/m0/s1. The van der Waals surface area contributed by atoms with E-state index in [1.54, 1.807) is 0 Å². The van der Waals surface area contributed by atoms with Gasteiger partial charge < -0.3 is 10.6 Å². The molecule has 0 aromatic carbocycles. The van der Waals surface area contributed by atoms with Crippen molar-refractivity contribution in [2.45, 2.75) is 25.1 Å². The van der Waals surface area contributed by atoms with Gasteiger partial charge in [-0.25, -0.2) is 9.97 Å². The molecule has 1 unspecified atom stereocenters. The molecule has 104 valence electrons. The summed E-state index contributed by atoms with van der Waals surface area (Å²) in [6.45, 7) is 1.72. The third-order valence-electron chi connectivity index (χ3n) is 3.80. The number of nitrogens with one attached hydrogen (secondary N) is 2. The number of rotatable bonds is 3. The van der Waals surface area contributed by atoms with Crippen LogP contribution in [0.25, 0.3) is 0 Å². The molecule has 4 nitrogen and oxygen atoms in total. The van der Waals surface area contributed by atoms with Crippen molar-refractivity contribution >= 4 is 5.82 Å². The summed E-state index contributed by atoms with van der Waals surface area (Å²) in [6, 6.07) is 0.368. The van der Waals surface area contributed by atoms with Gasteiger partial charge in [0.15, 0.2) is 5.69 Å². The second-order valence-electron chi connectivity index (χ2n) is 5.26. The van der Waals surface area contributed by atoms with Crippen LogP contribution in [0, 0.1) is 11.8 Å². The minimum absolute atomic E-state index is 0.368. The van der Waals surface area contributed by atoms with E-state index in [0.29, 0.717) is 18.4 Å². The van der Waals surface area contributed by atoms with Crippen molar-refractivity contribution in [3.63, 3.8) is 0 Å². The fourth-order valence-corrected chi connectivity index (χ4v) is 2.56. The number of alkyl halides is 3. The van der Waals surface area contributed by atoms with E-state index in [-0.39, 0.29) is 0 Å². The monoisotopic (exact) mass is 272 g/mol. The molecule has 1 aliphatic heterocycles. The van der Waals surface area contributed by atoms with E-state index >= 15 is 0 Å². The number of piperidine rings is 1. The molecule has 1 saturated heterocycles. The van der Waals surface area contributed by atoms with Crippen LogP contribution in [0.15, 0.2) is 12.4 Å². The molecule has 0 bridgehead atoms. The van der Waals surface area contributed by atoms with Gasteiger partial charge >= 0.3 is 6.18 Å². The minimum atomic E-state index is -4.43. The van der Waals surface area contributed by atoms with Crippen LogP contribution in [0.5, 0.6) is 0 Å². The fraction of sp³-hybridized carbons (Fsp3) is 0.667. The molecule has 0 amide bonds. The molecule has 1 aromatic rings. The molecular weight excluding hydrogens is 257 g/mol. The molecule has 2 aliphatic rings. The Morgan fingerprint density at radius 2 is 2.05 bits per heavy atom. The van der Waals surface area contributed by atoms with E-state index in [2.05, 4.69) is 20.6 Å². The number of halogens is 3. The predicted octanol–water partition coefficient (Wildman–Crippen LogP) is 1.91. The largest absolute Gasteiger partial charge is 0.434 e. The maximum atomic E-state index is 12.3. The van der Waals surface area contributed by atoms with Crippen LogP contribution >= 0.6 is 0 Å². The van der Waals surface area contributed by atoms with Crippen LogP contribution in [-0.2, 0) is 6.18 Å². The summed E-state index contributed by atoms with van der Waals surface area (Å²) in [6.07, 6.45) is -0.105. The topological polar surface area (TPSA) is 49.8 Å². The lowest BCUT2D eigenvalue weighted by Gasteiger charge is -2.23. The molecule has 1 aromatic heterocycles. The van der Waals surface area contributed by atoms with E-state index < -0.39 is 11.9 Å². The summed E-state index contributed by atoms with van der Waals surface area (Å²) in [5, 5.41) is 6.45. The highest BCUT2D eigenvalue weighted by Crippen LogP contribution is 2.43. The van der Waals surface area contributed by atoms with Crippen LogP contribution in [0.4, 0.5) is 19.0 Å². The Bertz CT molecular complexity index is 445. The minimum Gasteiger partial charge on any atom is -0.367 e. The first-order valence-electron chi connectivity index (χ1n) is 6.39. The first-order chi connectivity index (χ1) is 9.02. The lowest BCUT2D eigenvalue weighted by molar-refractivity contribution is -0.141. The summed E-state index contributed by atoms with van der Waals surface area (Å²) >= 11 is 0. The number of hydrogen-bond acceptors (Lipinski definition) is 4. The van der Waals surface area contributed by atoms with Gasteiger partial charge in [-0.15, -0.1) is 0 Å². The van der Waals surface area contributed by atoms with E-state index in [1.807, 2.05) is 0 Å². The van der Waals surface area contributed by atoms with Gasteiger partial charge in [0, 0.05) is 12.6 Å². The molecule has 1 aliphatic carbocycles. The molecular formula is C12H15F3N4. The molecule has 0 spiro atoms. The summed E-state index contributed by atoms with van der Waals surface area (Å²) < 4.78 is 36.9. The molecule has 2 heterocycles. The summed E-state index contributed by atoms with van der Waals surface area (Å²) in [5.74, 6) is 2.07. The SMILES string of the molecule is FC(F)(F)c1cnc(NC[C@@H]2C[C@@H]3CC3CN2)cn1. The van der Waals surface area contributed by atoms with Crippen molar-refractivity contribution in [2.24, 2.45) is 11.8 Å². The molecule has 2 fully saturated rings. The van der Waals surface area contributed by atoms with Crippen molar-refractivity contribution in [1.29, 1.82) is 0 Å². The van der Waals surface area contributed by atoms with Gasteiger partial charge in [-0.3, -0.25) is 0 Å². The zero-order valence-electron chi connectivity index (χ0n) is 10.2. The Labute approximate surface area is 108 Å². The van der Waals surface area contributed by atoms with Crippen LogP contribution in [0.1, 0.15) is 18.5 Å². The van der Waals surface area contributed by atoms with Crippen LogP contribution < -0.4 is 10.6 Å². The fourth-order valence-electron chi connectivity index (χ4n) is 2.56. The number of aromatic nitrogens is 2. The Hall–Kier alpha value is -1.37. The quantitative estimate of drug-likeness (QED) is 0.882. The maximum absolute atomic E-state index is 12.3. The van der Waals surface area contributed by atoms with Crippen LogP contribution in [-0.4, -0.2) is 29.1 Å². The molecule has 7 heteroatoms. The third kappa shape index (κ3) is 2.97. The Morgan fingerprint density at radius 1 is 1.21 bits per heavy atom. The Balaban J connectivity index is 1.52. The molecule has 1 saturated carbocycles. The average Bonchev–Trinajstić information content (AvgIpc) is 3.14. The summed E-state index contributed by atoms with van der Waals surface area (Å²) in [4.78, 5) is 7.10. The molecule has 3 atom stereocenters. The van der Waals surface area contributed by atoms with Gasteiger partial charge in [0.2, 0.25) is 0 Å². The Morgan fingerprint density at radius 3 is 2.68 bits per heavy atom. The average molecular weight is 272 g/mol. The number of fused-ring (bicyclic) bond motifs is 1. The van der Waals surface area contributed by atoms with Gasteiger partial charge in [0.1, 0.15) is 5.82 Å². The first kappa shape index (κ1) is 12.7. The van der Waals surface area contributed by atoms with Crippen molar-refractivity contribution < 1.29 is 13.2 Å². The van der Waals surface area contributed by atoms with Crippen molar-refractivity contribution in [3.05, 3.63) is 18.1 Å². The maximum Gasteiger partial charge on any atom is 0.434 e. The highest BCUT2D eigenvalue weighted by atomic mass is 19.4. The zero-order valence-corrected chi connectivity index (χ0v) is 10.2. The van der Waals surface area contributed by atoms with Crippen molar-refractivity contribution in [3.8, 4) is 0 Å². The second-order valence-corrected chi connectivity index (χ2v) is 5.26. The van der Waals surface area contributed by atoms with E-state index in [1.165, 1.54) is 6.42 Å².